The summed E-state index contributed by atoms with van der Waals surface area (Å²) in [7, 11) is 0. The molecule has 78 valence electrons. The van der Waals surface area contributed by atoms with E-state index in [0.29, 0.717) is 5.76 Å². The van der Waals surface area contributed by atoms with Gasteiger partial charge in [0.05, 0.1) is 11.7 Å². The summed E-state index contributed by atoms with van der Waals surface area (Å²) in [6.45, 7) is 3.52. The second-order valence-corrected chi connectivity index (χ2v) is 3.54. The summed E-state index contributed by atoms with van der Waals surface area (Å²) < 4.78 is 5.10. The third-order valence-electron chi connectivity index (χ3n) is 2.37. The Kier molecular flexibility index (Phi) is 2.56. The average molecular weight is 203 g/mol. The minimum atomic E-state index is -0.563. The van der Waals surface area contributed by atoms with Gasteiger partial charge in [0.25, 0.3) is 0 Å². The van der Waals surface area contributed by atoms with E-state index in [1.54, 1.807) is 6.92 Å². The van der Waals surface area contributed by atoms with Crippen LogP contribution in [0.2, 0.25) is 0 Å². The molecule has 1 aromatic carbocycles. The highest BCUT2D eigenvalue weighted by atomic mass is 16.5. The van der Waals surface area contributed by atoms with Gasteiger partial charge in [-0.3, -0.25) is 0 Å². The van der Waals surface area contributed by atoms with Crippen LogP contribution in [0.15, 0.2) is 34.9 Å². The van der Waals surface area contributed by atoms with Crippen LogP contribution >= 0.6 is 0 Å². The zero-order chi connectivity index (χ0) is 10.8. The van der Waals surface area contributed by atoms with Crippen LogP contribution in [0.25, 0.3) is 11.3 Å². The highest BCUT2D eigenvalue weighted by Crippen LogP contribution is 2.29. The zero-order valence-electron chi connectivity index (χ0n) is 8.77. The predicted octanol–water partition coefficient (Wildman–Crippen LogP) is 2.70. The molecule has 3 nitrogen and oxygen atoms in total. The summed E-state index contributed by atoms with van der Waals surface area (Å²) >= 11 is 0. The van der Waals surface area contributed by atoms with Crippen molar-refractivity contribution in [1.29, 1.82) is 0 Å². The Morgan fingerprint density at radius 2 is 1.93 bits per heavy atom. The molecule has 0 radical (unpaired) electrons. The number of aliphatic hydroxyl groups excluding tert-OH is 1. The highest BCUT2D eigenvalue weighted by molar-refractivity contribution is 5.63. The van der Waals surface area contributed by atoms with Crippen molar-refractivity contribution in [3.8, 4) is 11.3 Å². The zero-order valence-corrected chi connectivity index (χ0v) is 8.77. The van der Waals surface area contributed by atoms with Gasteiger partial charge in [0.15, 0.2) is 0 Å². The molecule has 0 amide bonds. The van der Waals surface area contributed by atoms with Gasteiger partial charge in [-0.05, 0) is 13.8 Å². The van der Waals surface area contributed by atoms with Gasteiger partial charge in [-0.1, -0.05) is 35.5 Å². The van der Waals surface area contributed by atoms with Crippen molar-refractivity contribution in [3.05, 3.63) is 41.7 Å². The van der Waals surface area contributed by atoms with E-state index in [0.717, 1.165) is 16.8 Å². The number of benzene rings is 1. The Hall–Kier alpha value is -1.61. The molecular weight excluding hydrogens is 190 g/mol. The van der Waals surface area contributed by atoms with Gasteiger partial charge in [0.1, 0.15) is 11.5 Å². The van der Waals surface area contributed by atoms with Crippen molar-refractivity contribution >= 4 is 0 Å². The van der Waals surface area contributed by atoms with Crippen molar-refractivity contribution in [2.24, 2.45) is 0 Å². The highest BCUT2D eigenvalue weighted by Gasteiger charge is 2.17. The van der Waals surface area contributed by atoms with Crippen LogP contribution in [-0.2, 0) is 0 Å². The van der Waals surface area contributed by atoms with E-state index < -0.39 is 6.10 Å². The molecule has 0 aliphatic carbocycles. The molecule has 1 N–H and O–H groups in total. The Morgan fingerprint density at radius 1 is 1.27 bits per heavy atom. The van der Waals surface area contributed by atoms with E-state index in [4.69, 9.17) is 4.52 Å². The van der Waals surface area contributed by atoms with E-state index in [9.17, 15) is 5.11 Å². The standard InChI is InChI=1S/C12H13NO2/c1-8(14)11-9(2)15-13-12(11)10-6-4-3-5-7-10/h3-8,14H,1-2H3/t8-/m0/s1. The van der Waals surface area contributed by atoms with Crippen molar-refractivity contribution in [1.82, 2.24) is 5.16 Å². The molecule has 0 saturated heterocycles. The second kappa shape index (κ2) is 3.87. The molecule has 1 atom stereocenters. The lowest BCUT2D eigenvalue weighted by Gasteiger charge is -2.04. The SMILES string of the molecule is Cc1onc(-c2ccccc2)c1[C@H](C)O. The molecule has 1 aromatic heterocycles. The molecule has 0 aliphatic heterocycles. The largest absolute Gasteiger partial charge is 0.388 e. The molecule has 0 bridgehead atoms. The molecule has 0 unspecified atom stereocenters. The first-order chi connectivity index (χ1) is 7.20. The number of hydrogen-bond donors (Lipinski definition) is 1. The summed E-state index contributed by atoms with van der Waals surface area (Å²) in [6.07, 6.45) is -0.563. The summed E-state index contributed by atoms with van der Waals surface area (Å²) in [6, 6.07) is 9.71. The summed E-state index contributed by atoms with van der Waals surface area (Å²) in [5, 5.41) is 13.6. The molecular formula is C12H13NO2. The molecule has 1 heterocycles. The van der Waals surface area contributed by atoms with Gasteiger partial charge in [-0.25, -0.2) is 0 Å². The van der Waals surface area contributed by atoms with Crippen molar-refractivity contribution < 1.29 is 9.63 Å². The predicted molar refractivity (Wildman–Crippen MR) is 57.3 cm³/mol. The third kappa shape index (κ3) is 1.78. The topological polar surface area (TPSA) is 46.3 Å². The number of rotatable bonds is 2. The maximum Gasteiger partial charge on any atom is 0.140 e. The summed E-state index contributed by atoms with van der Waals surface area (Å²) in [5.74, 6) is 0.670. The van der Waals surface area contributed by atoms with Gasteiger partial charge in [-0.2, -0.15) is 0 Å². The molecule has 0 aliphatic rings. The molecule has 2 aromatic rings. The molecule has 0 spiro atoms. The lowest BCUT2D eigenvalue weighted by atomic mass is 10.0. The first kappa shape index (κ1) is 9.93. The fraction of sp³-hybridized carbons (Fsp3) is 0.250. The number of aromatic nitrogens is 1. The maximum absolute atomic E-state index is 9.64. The lowest BCUT2D eigenvalue weighted by Crippen LogP contribution is -1.94. The maximum atomic E-state index is 9.64. The minimum Gasteiger partial charge on any atom is -0.388 e. The Balaban J connectivity index is 2.54. The molecule has 2 rings (SSSR count). The number of hydrogen-bond acceptors (Lipinski definition) is 3. The quantitative estimate of drug-likeness (QED) is 0.816. The Labute approximate surface area is 88.3 Å². The number of aliphatic hydroxyl groups is 1. The van der Waals surface area contributed by atoms with Crippen molar-refractivity contribution in [2.45, 2.75) is 20.0 Å². The van der Waals surface area contributed by atoms with E-state index in [1.807, 2.05) is 37.3 Å². The normalized spacial score (nSPS) is 12.7. The molecule has 0 saturated carbocycles. The van der Waals surface area contributed by atoms with Crippen LogP contribution in [0.3, 0.4) is 0 Å². The Bertz CT molecular complexity index is 446. The minimum absolute atomic E-state index is 0.563. The third-order valence-corrected chi connectivity index (χ3v) is 2.37. The second-order valence-electron chi connectivity index (χ2n) is 3.54. The smallest absolute Gasteiger partial charge is 0.140 e. The monoisotopic (exact) mass is 203 g/mol. The van der Waals surface area contributed by atoms with Crippen LogP contribution in [0.1, 0.15) is 24.4 Å². The lowest BCUT2D eigenvalue weighted by molar-refractivity contribution is 0.197. The van der Waals surface area contributed by atoms with Crippen LogP contribution < -0.4 is 0 Å². The average Bonchev–Trinajstić information content (AvgIpc) is 2.61. The van der Waals surface area contributed by atoms with E-state index in [-0.39, 0.29) is 0 Å². The number of aryl methyl sites for hydroxylation is 1. The van der Waals surface area contributed by atoms with Crippen molar-refractivity contribution in [3.63, 3.8) is 0 Å². The van der Waals surface area contributed by atoms with Crippen LogP contribution in [0.5, 0.6) is 0 Å². The van der Waals surface area contributed by atoms with Gasteiger partial charge < -0.3 is 9.63 Å². The first-order valence-electron chi connectivity index (χ1n) is 4.90. The van der Waals surface area contributed by atoms with Gasteiger partial charge in [-0.15, -0.1) is 0 Å². The van der Waals surface area contributed by atoms with Gasteiger partial charge in [0.2, 0.25) is 0 Å². The van der Waals surface area contributed by atoms with E-state index in [1.165, 1.54) is 0 Å². The summed E-state index contributed by atoms with van der Waals surface area (Å²) in [4.78, 5) is 0. The van der Waals surface area contributed by atoms with E-state index in [2.05, 4.69) is 5.16 Å². The summed E-state index contributed by atoms with van der Waals surface area (Å²) in [5.41, 5.74) is 2.45. The van der Waals surface area contributed by atoms with Crippen LogP contribution in [0.4, 0.5) is 0 Å². The van der Waals surface area contributed by atoms with E-state index >= 15 is 0 Å². The number of nitrogens with zero attached hydrogens (tertiary/aromatic N) is 1. The fourth-order valence-corrected chi connectivity index (χ4v) is 1.68. The Morgan fingerprint density at radius 3 is 2.53 bits per heavy atom. The fourth-order valence-electron chi connectivity index (χ4n) is 1.68. The molecule has 15 heavy (non-hydrogen) atoms. The first-order valence-corrected chi connectivity index (χ1v) is 4.90. The molecule has 3 heteroatoms. The van der Waals surface area contributed by atoms with Gasteiger partial charge in [0, 0.05) is 5.56 Å². The van der Waals surface area contributed by atoms with Gasteiger partial charge >= 0.3 is 0 Å². The van der Waals surface area contributed by atoms with Crippen molar-refractivity contribution in [2.75, 3.05) is 0 Å². The van der Waals surface area contributed by atoms with Crippen LogP contribution in [-0.4, -0.2) is 10.3 Å². The van der Waals surface area contributed by atoms with Crippen LogP contribution in [0, 0.1) is 6.92 Å². The molecule has 0 fully saturated rings.